The lowest BCUT2D eigenvalue weighted by molar-refractivity contribution is 0.209. The van der Waals surface area contributed by atoms with Gasteiger partial charge in [-0.15, -0.1) is 0 Å². The molecule has 0 atom stereocenters. The zero-order valence-electron chi connectivity index (χ0n) is 19.1. The molecular weight excluding hydrogens is 450 g/mol. The Balaban J connectivity index is 1.62. The standard InChI is InChI=1S/C27H26ClN3O3/c1-18-6-3-4-7-19(18)12-13-31(27(33)29-23-9-5-8-22(28)16-23)17-21-14-20-15-24(34-2)10-11-25(20)30-26(21)32/h3-11,14-16H,12-13,17H2,1-2H3,(H,29,33)(H,30,32). The van der Waals surface area contributed by atoms with E-state index in [-0.39, 0.29) is 18.1 Å². The van der Waals surface area contributed by atoms with Gasteiger partial charge in [-0.25, -0.2) is 4.79 Å². The molecule has 0 aliphatic heterocycles. The van der Waals surface area contributed by atoms with Gasteiger partial charge in [-0.1, -0.05) is 41.9 Å². The van der Waals surface area contributed by atoms with Crippen LogP contribution in [-0.2, 0) is 13.0 Å². The third-order valence-electron chi connectivity index (χ3n) is 5.76. The van der Waals surface area contributed by atoms with Crippen LogP contribution in [0.3, 0.4) is 0 Å². The number of benzene rings is 3. The van der Waals surface area contributed by atoms with Gasteiger partial charge in [0.1, 0.15) is 5.75 Å². The van der Waals surface area contributed by atoms with E-state index in [0.717, 1.165) is 16.5 Å². The van der Waals surface area contributed by atoms with Gasteiger partial charge >= 0.3 is 6.03 Å². The van der Waals surface area contributed by atoms with Crippen LogP contribution in [-0.4, -0.2) is 29.6 Å². The van der Waals surface area contributed by atoms with Crippen LogP contribution in [0.1, 0.15) is 16.7 Å². The lowest BCUT2D eigenvalue weighted by Crippen LogP contribution is -2.37. The van der Waals surface area contributed by atoms with Crippen molar-refractivity contribution in [1.29, 1.82) is 0 Å². The van der Waals surface area contributed by atoms with E-state index < -0.39 is 0 Å². The Morgan fingerprint density at radius 2 is 1.85 bits per heavy atom. The minimum absolute atomic E-state index is 0.154. The second-order valence-corrected chi connectivity index (χ2v) is 8.55. The number of amides is 2. The molecule has 7 heteroatoms. The normalized spacial score (nSPS) is 10.8. The number of urea groups is 1. The van der Waals surface area contributed by atoms with Gasteiger partial charge in [0.05, 0.1) is 13.7 Å². The number of hydrogen-bond acceptors (Lipinski definition) is 3. The fourth-order valence-corrected chi connectivity index (χ4v) is 4.04. The number of aryl methyl sites for hydroxylation is 1. The average molecular weight is 476 g/mol. The summed E-state index contributed by atoms with van der Waals surface area (Å²) in [5.41, 5.74) is 3.88. The highest BCUT2D eigenvalue weighted by atomic mass is 35.5. The monoisotopic (exact) mass is 475 g/mol. The number of rotatable bonds is 7. The topological polar surface area (TPSA) is 74.4 Å². The number of ether oxygens (including phenoxy) is 1. The number of fused-ring (bicyclic) bond motifs is 1. The van der Waals surface area contributed by atoms with Gasteiger partial charge in [0, 0.05) is 33.7 Å². The van der Waals surface area contributed by atoms with E-state index in [9.17, 15) is 9.59 Å². The first-order chi connectivity index (χ1) is 16.4. The number of nitrogens with one attached hydrogen (secondary N) is 2. The van der Waals surface area contributed by atoms with Crippen molar-refractivity contribution < 1.29 is 9.53 Å². The maximum absolute atomic E-state index is 13.2. The van der Waals surface area contributed by atoms with Gasteiger partial charge in [0.15, 0.2) is 0 Å². The van der Waals surface area contributed by atoms with Crippen molar-refractivity contribution in [2.45, 2.75) is 19.9 Å². The zero-order chi connectivity index (χ0) is 24.1. The van der Waals surface area contributed by atoms with E-state index in [1.165, 1.54) is 0 Å². The Kier molecular flexibility index (Phi) is 7.18. The Labute approximate surface area is 203 Å². The first kappa shape index (κ1) is 23.4. The van der Waals surface area contributed by atoms with Crippen molar-refractivity contribution in [3.8, 4) is 5.75 Å². The fourth-order valence-electron chi connectivity index (χ4n) is 3.85. The van der Waals surface area contributed by atoms with E-state index in [1.807, 2.05) is 37.3 Å². The molecule has 0 spiro atoms. The van der Waals surface area contributed by atoms with Gasteiger partial charge in [0.2, 0.25) is 0 Å². The number of nitrogens with zero attached hydrogens (tertiary/aromatic N) is 1. The summed E-state index contributed by atoms with van der Waals surface area (Å²) in [7, 11) is 1.60. The number of anilines is 1. The quantitative estimate of drug-likeness (QED) is 0.356. The lowest BCUT2D eigenvalue weighted by Gasteiger charge is -2.24. The predicted octanol–water partition coefficient (Wildman–Crippen LogP) is 5.78. The third kappa shape index (κ3) is 5.58. The molecule has 0 aliphatic rings. The van der Waals surface area contributed by atoms with E-state index in [1.54, 1.807) is 48.4 Å². The second kappa shape index (κ2) is 10.4. The number of pyridine rings is 1. The summed E-state index contributed by atoms with van der Waals surface area (Å²) in [6.45, 7) is 2.64. The van der Waals surface area contributed by atoms with Crippen molar-refractivity contribution in [3.05, 3.63) is 105 Å². The van der Waals surface area contributed by atoms with Crippen LogP contribution < -0.4 is 15.6 Å². The van der Waals surface area contributed by atoms with Crippen LogP contribution >= 0.6 is 11.6 Å². The largest absolute Gasteiger partial charge is 0.497 e. The molecule has 174 valence electrons. The van der Waals surface area contributed by atoms with Crippen molar-refractivity contribution in [3.63, 3.8) is 0 Å². The van der Waals surface area contributed by atoms with E-state index >= 15 is 0 Å². The molecule has 3 aromatic carbocycles. The molecule has 34 heavy (non-hydrogen) atoms. The van der Waals surface area contributed by atoms with Gasteiger partial charge in [0.25, 0.3) is 5.56 Å². The van der Waals surface area contributed by atoms with Crippen LogP contribution in [0.15, 0.2) is 77.6 Å². The summed E-state index contributed by atoms with van der Waals surface area (Å²) in [4.78, 5) is 30.6. The molecule has 6 nitrogen and oxygen atoms in total. The minimum atomic E-state index is -0.305. The molecule has 1 heterocycles. The summed E-state index contributed by atoms with van der Waals surface area (Å²) in [5.74, 6) is 0.695. The van der Waals surface area contributed by atoms with Crippen LogP contribution in [0.5, 0.6) is 5.75 Å². The molecular formula is C27H26ClN3O3. The van der Waals surface area contributed by atoms with Gasteiger partial charge < -0.3 is 19.9 Å². The number of carbonyl (C=O) groups excluding carboxylic acids is 1. The zero-order valence-corrected chi connectivity index (χ0v) is 19.9. The maximum Gasteiger partial charge on any atom is 0.322 e. The first-order valence-electron chi connectivity index (χ1n) is 11.0. The Morgan fingerprint density at radius 3 is 2.62 bits per heavy atom. The summed E-state index contributed by atoms with van der Waals surface area (Å²) < 4.78 is 5.31. The van der Waals surface area contributed by atoms with Crippen LogP contribution in [0, 0.1) is 6.92 Å². The number of halogens is 1. The summed E-state index contributed by atoms with van der Waals surface area (Å²) >= 11 is 6.08. The molecule has 0 saturated carbocycles. The Morgan fingerprint density at radius 1 is 1.03 bits per heavy atom. The van der Waals surface area contributed by atoms with Gasteiger partial charge in [-0.05, 0) is 66.9 Å². The van der Waals surface area contributed by atoms with Crippen molar-refractivity contribution in [2.24, 2.45) is 0 Å². The molecule has 0 bridgehead atoms. The smallest absolute Gasteiger partial charge is 0.322 e. The molecule has 4 aromatic rings. The molecule has 0 aliphatic carbocycles. The molecule has 2 amide bonds. The van der Waals surface area contributed by atoms with E-state index in [4.69, 9.17) is 16.3 Å². The Bertz CT molecular complexity index is 1380. The van der Waals surface area contributed by atoms with Crippen molar-refractivity contribution in [1.82, 2.24) is 9.88 Å². The number of hydrogen-bond donors (Lipinski definition) is 2. The summed E-state index contributed by atoms with van der Waals surface area (Å²) in [6, 6.07) is 22.0. The van der Waals surface area contributed by atoms with Gasteiger partial charge in [-0.3, -0.25) is 4.79 Å². The Hall–Kier alpha value is -3.77. The molecule has 2 N–H and O–H groups in total. The molecule has 0 fully saturated rings. The number of H-pyrrole nitrogens is 1. The highest BCUT2D eigenvalue weighted by Gasteiger charge is 2.17. The average Bonchev–Trinajstić information content (AvgIpc) is 2.82. The molecule has 1 aromatic heterocycles. The second-order valence-electron chi connectivity index (χ2n) is 8.12. The summed E-state index contributed by atoms with van der Waals surface area (Å²) in [6.07, 6.45) is 0.662. The number of aromatic nitrogens is 1. The fraction of sp³-hybridized carbons (Fsp3) is 0.185. The number of aromatic amines is 1. The molecule has 0 saturated heterocycles. The van der Waals surface area contributed by atoms with Crippen molar-refractivity contribution in [2.75, 3.05) is 19.0 Å². The summed E-state index contributed by atoms with van der Waals surface area (Å²) in [5, 5.41) is 4.27. The minimum Gasteiger partial charge on any atom is -0.497 e. The van der Waals surface area contributed by atoms with E-state index in [2.05, 4.69) is 16.4 Å². The molecule has 4 rings (SSSR count). The molecule has 0 radical (unpaired) electrons. The van der Waals surface area contributed by atoms with Crippen LogP contribution in [0.4, 0.5) is 10.5 Å². The SMILES string of the molecule is COc1ccc2[nH]c(=O)c(CN(CCc3ccccc3C)C(=O)Nc3cccc(Cl)c3)cc2c1. The van der Waals surface area contributed by atoms with Crippen molar-refractivity contribution >= 4 is 34.2 Å². The maximum atomic E-state index is 13.2. The highest BCUT2D eigenvalue weighted by Crippen LogP contribution is 2.20. The van der Waals surface area contributed by atoms with Gasteiger partial charge in [-0.2, -0.15) is 0 Å². The van der Waals surface area contributed by atoms with Crippen LogP contribution in [0.25, 0.3) is 10.9 Å². The predicted molar refractivity (Wildman–Crippen MR) is 137 cm³/mol. The van der Waals surface area contributed by atoms with Crippen LogP contribution in [0.2, 0.25) is 5.02 Å². The third-order valence-corrected chi connectivity index (χ3v) is 6.00. The molecule has 0 unspecified atom stereocenters. The number of methoxy groups -OCH3 is 1. The lowest BCUT2D eigenvalue weighted by atomic mass is 10.1. The number of carbonyl (C=O) groups is 1. The highest BCUT2D eigenvalue weighted by molar-refractivity contribution is 6.30. The van der Waals surface area contributed by atoms with E-state index in [0.29, 0.717) is 40.5 Å². The first-order valence-corrected chi connectivity index (χ1v) is 11.4.